The number of rotatable bonds is 3. The van der Waals surface area contributed by atoms with E-state index in [2.05, 4.69) is 83.8 Å². The smallest absolute Gasteiger partial charge is 0.0237 e. The molecule has 0 saturated carbocycles. The van der Waals surface area contributed by atoms with Crippen LogP contribution in [-0.2, 0) is 6.54 Å². The number of fused-ring (bicyclic) bond motifs is 1. The number of hydrogen-bond acceptors (Lipinski definition) is 1. The van der Waals surface area contributed by atoms with Gasteiger partial charge in [-0.3, -0.25) is 4.90 Å². The molecule has 0 spiro atoms. The van der Waals surface area contributed by atoms with Crippen molar-refractivity contribution in [3.63, 3.8) is 0 Å². The second-order valence-corrected chi connectivity index (χ2v) is 6.26. The Hall–Kier alpha value is -2.38. The number of benzene rings is 3. The van der Waals surface area contributed by atoms with Gasteiger partial charge >= 0.3 is 0 Å². The first-order valence-corrected chi connectivity index (χ1v) is 8.33. The second kappa shape index (κ2) is 6.39. The van der Waals surface area contributed by atoms with E-state index in [1.54, 1.807) is 0 Å². The maximum atomic E-state index is 2.51. The third-order valence-corrected chi connectivity index (χ3v) is 4.66. The van der Waals surface area contributed by atoms with Crippen LogP contribution in [0.25, 0.3) is 16.3 Å². The van der Waals surface area contributed by atoms with Crippen LogP contribution in [0.5, 0.6) is 0 Å². The fourth-order valence-electron chi connectivity index (χ4n) is 3.35. The molecule has 0 N–H and O–H groups in total. The Morgan fingerprint density at radius 1 is 0.783 bits per heavy atom. The van der Waals surface area contributed by atoms with Crippen LogP contribution in [0.4, 0.5) is 0 Å². The highest BCUT2D eigenvalue weighted by Gasteiger charge is 2.13. The lowest BCUT2D eigenvalue weighted by Gasteiger charge is -2.26. The summed E-state index contributed by atoms with van der Waals surface area (Å²) in [5.41, 5.74) is 4.26. The van der Waals surface area contributed by atoms with E-state index in [4.69, 9.17) is 0 Å². The predicted molar refractivity (Wildman–Crippen MR) is 98.3 cm³/mol. The van der Waals surface area contributed by atoms with Crippen LogP contribution in [0, 0.1) is 0 Å². The monoisotopic (exact) mass is 299 g/mol. The molecule has 0 amide bonds. The zero-order chi connectivity index (χ0) is 15.5. The molecular weight excluding hydrogens is 278 g/mol. The van der Waals surface area contributed by atoms with E-state index in [1.807, 2.05) is 0 Å². The van der Waals surface area contributed by atoms with Gasteiger partial charge in [-0.1, -0.05) is 72.8 Å². The van der Waals surface area contributed by atoms with Crippen molar-refractivity contribution in [1.29, 1.82) is 0 Å². The SMILES string of the molecule is C1=C(c2ccc3ccccc3c2)CCN(Cc2ccccc2)C1. The van der Waals surface area contributed by atoms with Crippen molar-refractivity contribution in [2.24, 2.45) is 0 Å². The zero-order valence-electron chi connectivity index (χ0n) is 13.3. The highest BCUT2D eigenvalue weighted by Crippen LogP contribution is 2.26. The van der Waals surface area contributed by atoms with Gasteiger partial charge in [0.1, 0.15) is 0 Å². The van der Waals surface area contributed by atoms with Gasteiger partial charge in [-0.05, 0) is 40.0 Å². The third kappa shape index (κ3) is 3.20. The maximum absolute atomic E-state index is 2.51. The number of nitrogens with zero attached hydrogens (tertiary/aromatic N) is 1. The summed E-state index contributed by atoms with van der Waals surface area (Å²) in [7, 11) is 0. The first kappa shape index (κ1) is 14.2. The lowest BCUT2D eigenvalue weighted by Crippen LogP contribution is -2.27. The lowest BCUT2D eigenvalue weighted by molar-refractivity contribution is 0.294. The van der Waals surface area contributed by atoms with Gasteiger partial charge in [0.05, 0.1) is 0 Å². The van der Waals surface area contributed by atoms with E-state index in [1.165, 1.54) is 27.5 Å². The van der Waals surface area contributed by atoms with Crippen LogP contribution < -0.4 is 0 Å². The van der Waals surface area contributed by atoms with Crippen LogP contribution in [0.2, 0.25) is 0 Å². The first-order chi connectivity index (χ1) is 11.4. The van der Waals surface area contributed by atoms with Gasteiger partial charge in [0.15, 0.2) is 0 Å². The maximum Gasteiger partial charge on any atom is 0.0237 e. The number of hydrogen-bond donors (Lipinski definition) is 0. The molecule has 0 bridgehead atoms. The van der Waals surface area contributed by atoms with E-state index in [0.29, 0.717) is 0 Å². The molecule has 0 fully saturated rings. The average molecular weight is 299 g/mol. The lowest BCUT2D eigenvalue weighted by atomic mass is 9.96. The molecule has 0 aromatic heterocycles. The first-order valence-electron chi connectivity index (χ1n) is 8.33. The highest BCUT2D eigenvalue weighted by atomic mass is 15.1. The van der Waals surface area contributed by atoms with E-state index < -0.39 is 0 Å². The molecule has 0 saturated heterocycles. The van der Waals surface area contributed by atoms with Crippen LogP contribution in [0.15, 0.2) is 78.9 Å². The van der Waals surface area contributed by atoms with Gasteiger partial charge in [0.2, 0.25) is 0 Å². The Morgan fingerprint density at radius 2 is 1.57 bits per heavy atom. The minimum atomic E-state index is 1.04. The van der Waals surface area contributed by atoms with Crippen molar-refractivity contribution < 1.29 is 0 Å². The van der Waals surface area contributed by atoms with Gasteiger partial charge in [-0.15, -0.1) is 0 Å². The second-order valence-electron chi connectivity index (χ2n) is 6.26. The van der Waals surface area contributed by atoms with E-state index in [0.717, 1.165) is 26.1 Å². The molecule has 114 valence electrons. The summed E-state index contributed by atoms with van der Waals surface area (Å²) in [6.07, 6.45) is 3.53. The van der Waals surface area contributed by atoms with Gasteiger partial charge in [-0.25, -0.2) is 0 Å². The Labute approximate surface area is 137 Å². The standard InChI is InChI=1S/C22H21N/c1-2-6-18(7-3-1)17-23-14-12-20(13-15-23)22-11-10-19-8-4-5-9-21(19)16-22/h1-12,16H,13-15,17H2. The van der Waals surface area contributed by atoms with Crippen LogP contribution in [0.3, 0.4) is 0 Å². The summed E-state index contributed by atoms with van der Waals surface area (Å²) < 4.78 is 0. The molecular formula is C22H21N. The van der Waals surface area contributed by atoms with E-state index >= 15 is 0 Å². The van der Waals surface area contributed by atoms with Gasteiger partial charge in [-0.2, -0.15) is 0 Å². The minimum absolute atomic E-state index is 1.04. The Morgan fingerprint density at radius 3 is 2.35 bits per heavy atom. The molecule has 3 aromatic rings. The molecule has 1 heteroatoms. The molecule has 1 nitrogen and oxygen atoms in total. The molecule has 23 heavy (non-hydrogen) atoms. The van der Waals surface area contributed by atoms with Crippen molar-refractivity contribution in [1.82, 2.24) is 4.90 Å². The largest absolute Gasteiger partial charge is 0.295 e. The fraction of sp³-hybridized carbons (Fsp3) is 0.182. The normalized spacial score (nSPS) is 15.6. The fourth-order valence-corrected chi connectivity index (χ4v) is 3.35. The van der Waals surface area contributed by atoms with Gasteiger partial charge in [0, 0.05) is 19.6 Å². The summed E-state index contributed by atoms with van der Waals surface area (Å²) in [5, 5.41) is 2.65. The summed E-state index contributed by atoms with van der Waals surface area (Å²) >= 11 is 0. The van der Waals surface area contributed by atoms with E-state index in [9.17, 15) is 0 Å². The van der Waals surface area contributed by atoms with Crippen LogP contribution in [0.1, 0.15) is 17.5 Å². The molecule has 0 atom stereocenters. The average Bonchev–Trinajstić information content (AvgIpc) is 2.63. The molecule has 0 radical (unpaired) electrons. The topological polar surface area (TPSA) is 3.24 Å². The highest BCUT2D eigenvalue weighted by molar-refractivity contribution is 5.86. The Balaban J connectivity index is 1.50. The van der Waals surface area contributed by atoms with Crippen molar-refractivity contribution in [2.45, 2.75) is 13.0 Å². The van der Waals surface area contributed by atoms with E-state index in [-0.39, 0.29) is 0 Å². The van der Waals surface area contributed by atoms with Crippen LogP contribution >= 0.6 is 0 Å². The molecule has 3 aromatic carbocycles. The van der Waals surface area contributed by atoms with Crippen molar-refractivity contribution in [3.05, 3.63) is 90.0 Å². The summed E-state index contributed by atoms with van der Waals surface area (Å²) in [6, 6.07) is 26.2. The summed E-state index contributed by atoms with van der Waals surface area (Å²) in [5.74, 6) is 0. The summed E-state index contributed by atoms with van der Waals surface area (Å²) in [6.45, 7) is 3.22. The predicted octanol–water partition coefficient (Wildman–Crippen LogP) is 5.13. The van der Waals surface area contributed by atoms with Crippen molar-refractivity contribution >= 4 is 16.3 Å². The van der Waals surface area contributed by atoms with Crippen molar-refractivity contribution in [3.8, 4) is 0 Å². The third-order valence-electron chi connectivity index (χ3n) is 4.66. The van der Waals surface area contributed by atoms with Gasteiger partial charge < -0.3 is 0 Å². The minimum Gasteiger partial charge on any atom is -0.295 e. The molecule has 0 unspecified atom stereocenters. The summed E-state index contributed by atoms with van der Waals surface area (Å²) in [4.78, 5) is 2.51. The van der Waals surface area contributed by atoms with Crippen LogP contribution in [-0.4, -0.2) is 18.0 Å². The molecule has 1 aliphatic rings. The zero-order valence-corrected chi connectivity index (χ0v) is 13.3. The quantitative estimate of drug-likeness (QED) is 0.648. The van der Waals surface area contributed by atoms with Crippen molar-refractivity contribution in [2.75, 3.05) is 13.1 Å². The molecule has 4 rings (SSSR count). The molecule has 1 aliphatic heterocycles. The molecule has 0 aliphatic carbocycles. The Kier molecular flexibility index (Phi) is 3.95. The molecule has 1 heterocycles. The van der Waals surface area contributed by atoms with Gasteiger partial charge in [0.25, 0.3) is 0 Å². The Bertz CT molecular complexity index is 833.